The maximum Gasteiger partial charge on any atom is 0.410 e. The van der Waals surface area contributed by atoms with E-state index in [0.717, 1.165) is 5.56 Å². The second-order valence-corrected chi connectivity index (χ2v) is 10.6. The molecule has 2 atom stereocenters. The zero-order valence-corrected chi connectivity index (χ0v) is 19.6. The molecule has 32 heavy (non-hydrogen) atoms. The molecule has 7 nitrogen and oxygen atoms in total. The number of hydrogen-bond acceptors (Lipinski definition) is 6. The summed E-state index contributed by atoms with van der Waals surface area (Å²) in [6, 6.07) is 18.1. The third-order valence-electron chi connectivity index (χ3n) is 4.96. The van der Waals surface area contributed by atoms with Gasteiger partial charge in [0.2, 0.25) is 0 Å². The van der Waals surface area contributed by atoms with Gasteiger partial charge in [0.25, 0.3) is 10.1 Å². The minimum Gasteiger partial charge on any atom is -0.444 e. The van der Waals surface area contributed by atoms with E-state index in [0.29, 0.717) is 25.1 Å². The molecular formula is C24H31NO6S. The van der Waals surface area contributed by atoms with Gasteiger partial charge in [0.05, 0.1) is 31.9 Å². The van der Waals surface area contributed by atoms with Gasteiger partial charge in [-0.3, -0.25) is 4.18 Å². The maximum absolute atomic E-state index is 12.7. The molecule has 1 fully saturated rings. The standard InChI is InChI=1S/C24H31NO6S/c1-24(2,3)31-23(26)25-15-22(29-16-19-10-6-4-7-11-19)14-21(25)17-30-32(27,28)18-20-12-8-5-9-13-20/h4-13,21-22H,14-18H2,1-3H3/t21-,22+/m1/s1. The van der Waals surface area contributed by atoms with E-state index in [4.69, 9.17) is 13.7 Å². The fraction of sp³-hybridized carbons (Fsp3) is 0.458. The topological polar surface area (TPSA) is 82.1 Å². The highest BCUT2D eigenvalue weighted by Crippen LogP contribution is 2.25. The average Bonchev–Trinajstić information content (AvgIpc) is 3.14. The number of carbonyl (C=O) groups excluding carboxylic acids is 1. The molecule has 1 saturated heterocycles. The number of ether oxygens (including phenoxy) is 2. The summed E-state index contributed by atoms with van der Waals surface area (Å²) in [6.45, 7) is 5.96. The molecule has 0 aliphatic carbocycles. The molecule has 1 heterocycles. The summed E-state index contributed by atoms with van der Waals surface area (Å²) in [7, 11) is -3.80. The lowest BCUT2D eigenvalue weighted by atomic mass is 10.2. The monoisotopic (exact) mass is 461 g/mol. The molecule has 2 aromatic carbocycles. The van der Waals surface area contributed by atoms with Gasteiger partial charge in [-0.25, -0.2) is 4.79 Å². The summed E-state index contributed by atoms with van der Waals surface area (Å²) in [5, 5.41) is 0. The molecular weight excluding hydrogens is 430 g/mol. The second-order valence-electron chi connectivity index (χ2n) is 8.91. The van der Waals surface area contributed by atoms with Gasteiger partial charge in [-0.2, -0.15) is 8.42 Å². The van der Waals surface area contributed by atoms with Crippen LogP contribution < -0.4 is 0 Å². The Kier molecular flexibility index (Phi) is 7.92. The molecule has 0 saturated carbocycles. The number of nitrogens with zero attached hydrogens (tertiary/aromatic N) is 1. The minimum absolute atomic E-state index is 0.139. The molecule has 0 spiro atoms. The third-order valence-corrected chi connectivity index (χ3v) is 6.14. The molecule has 0 radical (unpaired) electrons. The van der Waals surface area contributed by atoms with Crippen molar-refractivity contribution < 1.29 is 26.9 Å². The van der Waals surface area contributed by atoms with Crippen LogP contribution in [-0.4, -0.2) is 50.3 Å². The number of carbonyl (C=O) groups is 1. The fourth-order valence-corrected chi connectivity index (χ4v) is 4.54. The smallest absolute Gasteiger partial charge is 0.410 e. The molecule has 0 bridgehead atoms. The van der Waals surface area contributed by atoms with E-state index < -0.39 is 27.9 Å². The van der Waals surface area contributed by atoms with Gasteiger partial charge in [0.15, 0.2) is 0 Å². The van der Waals surface area contributed by atoms with E-state index in [9.17, 15) is 13.2 Å². The van der Waals surface area contributed by atoms with E-state index in [1.807, 2.05) is 36.4 Å². The summed E-state index contributed by atoms with van der Waals surface area (Å²) in [4.78, 5) is 14.3. The predicted octanol–water partition coefficient (Wildman–Crippen LogP) is 4.13. The zero-order valence-electron chi connectivity index (χ0n) is 18.8. The average molecular weight is 462 g/mol. The first-order valence-electron chi connectivity index (χ1n) is 10.7. The number of amides is 1. The number of benzene rings is 2. The van der Waals surface area contributed by atoms with Crippen LogP contribution in [0.2, 0.25) is 0 Å². The SMILES string of the molecule is CC(C)(C)OC(=O)N1C[C@@H](OCc2ccccc2)C[C@@H]1COS(=O)(=O)Cc1ccccc1. The summed E-state index contributed by atoms with van der Waals surface area (Å²) in [6.07, 6.45) is -0.280. The van der Waals surface area contributed by atoms with Gasteiger partial charge in [0.1, 0.15) is 11.4 Å². The molecule has 1 aliphatic heterocycles. The molecule has 1 aliphatic rings. The predicted molar refractivity (Wildman–Crippen MR) is 121 cm³/mol. The lowest BCUT2D eigenvalue weighted by Gasteiger charge is -2.28. The van der Waals surface area contributed by atoms with Crippen molar-refractivity contribution in [2.75, 3.05) is 13.2 Å². The maximum atomic E-state index is 12.7. The first-order valence-corrected chi connectivity index (χ1v) is 12.3. The van der Waals surface area contributed by atoms with Crippen molar-refractivity contribution in [2.24, 2.45) is 0 Å². The zero-order chi connectivity index (χ0) is 23.2. The molecule has 0 N–H and O–H groups in total. The third kappa shape index (κ3) is 7.62. The summed E-state index contributed by atoms with van der Waals surface area (Å²) in [5.41, 5.74) is 1.01. The van der Waals surface area contributed by atoms with Crippen LogP contribution in [0.5, 0.6) is 0 Å². The van der Waals surface area contributed by atoms with Gasteiger partial charge < -0.3 is 14.4 Å². The van der Waals surface area contributed by atoms with Crippen molar-refractivity contribution in [1.29, 1.82) is 0 Å². The number of likely N-dealkylation sites (tertiary alicyclic amines) is 1. The molecule has 0 aromatic heterocycles. The fourth-order valence-electron chi connectivity index (χ4n) is 3.49. The quantitative estimate of drug-likeness (QED) is 0.550. The Bertz CT molecular complexity index is 973. The van der Waals surface area contributed by atoms with E-state index in [1.54, 1.807) is 45.0 Å². The normalized spacial score (nSPS) is 19.2. The van der Waals surface area contributed by atoms with Crippen LogP contribution in [0.4, 0.5) is 4.79 Å². The highest BCUT2D eigenvalue weighted by atomic mass is 32.2. The Morgan fingerprint density at radius 3 is 2.19 bits per heavy atom. The molecule has 2 aromatic rings. The van der Waals surface area contributed by atoms with E-state index in [-0.39, 0.29) is 18.5 Å². The number of rotatable bonds is 8. The summed E-state index contributed by atoms with van der Waals surface area (Å²) < 4.78 is 41.8. The first-order chi connectivity index (χ1) is 15.1. The molecule has 3 rings (SSSR count). The molecule has 174 valence electrons. The Balaban J connectivity index is 1.63. The van der Waals surface area contributed by atoms with Crippen molar-refractivity contribution in [2.45, 2.75) is 57.3 Å². The lowest BCUT2D eigenvalue weighted by molar-refractivity contribution is 0.0128. The minimum atomic E-state index is -3.80. The molecule has 1 amide bonds. The van der Waals surface area contributed by atoms with Gasteiger partial charge in [-0.15, -0.1) is 0 Å². The Morgan fingerprint density at radius 2 is 1.59 bits per heavy atom. The summed E-state index contributed by atoms with van der Waals surface area (Å²) >= 11 is 0. The second kappa shape index (κ2) is 10.5. The summed E-state index contributed by atoms with van der Waals surface area (Å²) in [5.74, 6) is -0.221. The van der Waals surface area contributed by atoms with Crippen LogP contribution in [0.1, 0.15) is 38.3 Å². The van der Waals surface area contributed by atoms with Crippen molar-refractivity contribution >= 4 is 16.2 Å². The van der Waals surface area contributed by atoms with Crippen LogP contribution in [-0.2, 0) is 36.1 Å². The van der Waals surface area contributed by atoms with Crippen LogP contribution in [0.15, 0.2) is 60.7 Å². The van der Waals surface area contributed by atoms with Crippen LogP contribution >= 0.6 is 0 Å². The number of hydrogen-bond donors (Lipinski definition) is 0. The van der Waals surface area contributed by atoms with Crippen molar-refractivity contribution in [3.05, 3.63) is 71.8 Å². The highest BCUT2D eigenvalue weighted by Gasteiger charge is 2.39. The van der Waals surface area contributed by atoms with Gasteiger partial charge in [-0.1, -0.05) is 60.7 Å². The van der Waals surface area contributed by atoms with Gasteiger partial charge in [-0.05, 0) is 38.3 Å². The van der Waals surface area contributed by atoms with E-state index in [1.165, 1.54) is 4.90 Å². The largest absolute Gasteiger partial charge is 0.444 e. The molecule has 8 heteroatoms. The Hall–Kier alpha value is -2.42. The first kappa shape index (κ1) is 24.2. The van der Waals surface area contributed by atoms with Crippen LogP contribution in [0, 0.1) is 0 Å². The Morgan fingerprint density at radius 1 is 1.00 bits per heavy atom. The van der Waals surface area contributed by atoms with Gasteiger partial charge >= 0.3 is 6.09 Å². The van der Waals surface area contributed by atoms with Crippen LogP contribution in [0.3, 0.4) is 0 Å². The van der Waals surface area contributed by atoms with Crippen molar-refractivity contribution in [1.82, 2.24) is 4.90 Å². The van der Waals surface area contributed by atoms with Crippen molar-refractivity contribution in [3.8, 4) is 0 Å². The van der Waals surface area contributed by atoms with E-state index in [2.05, 4.69) is 0 Å². The lowest BCUT2D eigenvalue weighted by Crippen LogP contribution is -2.42. The molecule has 0 unspecified atom stereocenters. The van der Waals surface area contributed by atoms with Gasteiger partial charge in [0, 0.05) is 0 Å². The highest BCUT2D eigenvalue weighted by molar-refractivity contribution is 7.85. The van der Waals surface area contributed by atoms with E-state index >= 15 is 0 Å². The van der Waals surface area contributed by atoms with Crippen molar-refractivity contribution in [3.63, 3.8) is 0 Å². The Labute approximate surface area is 190 Å². The van der Waals surface area contributed by atoms with Crippen LogP contribution in [0.25, 0.3) is 0 Å².